The minimum absolute atomic E-state index is 0.440. The number of hydrogen-bond acceptors (Lipinski definition) is 9. The maximum atomic E-state index is 11.4. The van der Waals surface area contributed by atoms with Crippen LogP contribution in [0, 0.1) is 0 Å². The van der Waals surface area contributed by atoms with E-state index < -0.39 is 11.3 Å². The maximum absolute atomic E-state index is 11.4. The number of fused-ring (bicyclic) bond motifs is 1. The van der Waals surface area contributed by atoms with Crippen molar-refractivity contribution in [1.82, 2.24) is 15.0 Å². The molecule has 5 rings (SSSR count). The molecule has 1 aromatic carbocycles. The second kappa shape index (κ2) is 9.02. The summed E-state index contributed by atoms with van der Waals surface area (Å²) in [5, 5.41) is 0. The largest absolute Gasteiger partial charge is 0.755 e. The number of nitrogens with zero attached hydrogens (tertiary/aromatic N) is 5. The Morgan fingerprint density at radius 3 is 2.70 bits per heavy atom. The molecule has 3 aromatic heterocycles. The van der Waals surface area contributed by atoms with Crippen molar-refractivity contribution in [3.05, 3.63) is 48.7 Å². The molecule has 1 aliphatic rings. The van der Waals surface area contributed by atoms with Gasteiger partial charge >= 0.3 is 0 Å². The number of rotatable bonds is 5. The van der Waals surface area contributed by atoms with Gasteiger partial charge in [-0.05, 0) is 35.9 Å². The quantitative estimate of drug-likeness (QED) is 0.432. The molecule has 4 aromatic rings. The lowest BCUT2D eigenvalue weighted by atomic mass is 10.1. The lowest BCUT2D eigenvalue weighted by Gasteiger charge is -2.28. The normalized spacial score (nSPS) is 15.0. The molecule has 1 atom stereocenters. The predicted octanol–water partition coefficient (Wildman–Crippen LogP) is 3.07. The smallest absolute Gasteiger partial charge is 0.163 e. The lowest BCUT2D eigenvalue weighted by Crippen LogP contribution is -2.36. The van der Waals surface area contributed by atoms with Crippen LogP contribution in [0.1, 0.15) is 0 Å². The van der Waals surface area contributed by atoms with E-state index in [1.54, 1.807) is 29.7 Å². The molecule has 0 bridgehead atoms. The SMILES string of the molecule is CN(c1cccc(-c2cc3nc(-c4ccc(N)nc4)nc(N4CCOCC4)c3s2)c1)S(=O)[O-]. The van der Waals surface area contributed by atoms with Crippen LogP contribution in [0.25, 0.3) is 32.0 Å². The fraction of sp³-hybridized carbons (Fsp3) is 0.227. The van der Waals surface area contributed by atoms with Gasteiger partial charge in [-0.15, -0.1) is 11.3 Å². The number of thiophene rings is 1. The van der Waals surface area contributed by atoms with Gasteiger partial charge in [0.15, 0.2) is 11.6 Å². The number of benzene rings is 1. The second-order valence-corrected chi connectivity index (χ2v) is 9.57. The van der Waals surface area contributed by atoms with E-state index in [1.807, 2.05) is 30.3 Å². The number of hydrogen-bond donors (Lipinski definition) is 1. The highest BCUT2D eigenvalue weighted by molar-refractivity contribution is 7.80. The fourth-order valence-electron chi connectivity index (χ4n) is 3.65. The molecule has 170 valence electrons. The zero-order valence-electron chi connectivity index (χ0n) is 17.8. The summed E-state index contributed by atoms with van der Waals surface area (Å²) in [7, 11) is 1.52. The molecular formula is C22H21N6O3S2-. The van der Waals surface area contributed by atoms with Crippen molar-refractivity contribution < 1.29 is 13.5 Å². The van der Waals surface area contributed by atoms with Crippen LogP contribution >= 0.6 is 11.3 Å². The van der Waals surface area contributed by atoms with Gasteiger partial charge in [0.25, 0.3) is 0 Å². The van der Waals surface area contributed by atoms with Crippen molar-refractivity contribution in [2.45, 2.75) is 0 Å². The van der Waals surface area contributed by atoms with Gasteiger partial charge in [-0.3, -0.25) is 4.21 Å². The molecule has 9 nitrogen and oxygen atoms in total. The van der Waals surface area contributed by atoms with Gasteiger partial charge in [-0.1, -0.05) is 12.1 Å². The number of aromatic nitrogens is 3. The summed E-state index contributed by atoms with van der Waals surface area (Å²) in [5.41, 5.74) is 8.86. The third kappa shape index (κ3) is 4.40. The third-order valence-corrected chi connectivity index (χ3v) is 7.25. The van der Waals surface area contributed by atoms with Gasteiger partial charge in [-0.25, -0.2) is 15.0 Å². The Morgan fingerprint density at radius 2 is 1.97 bits per heavy atom. The molecule has 4 heterocycles. The summed E-state index contributed by atoms with van der Waals surface area (Å²) in [5.74, 6) is 1.88. The van der Waals surface area contributed by atoms with Crippen LogP contribution in [0.4, 0.5) is 17.3 Å². The molecule has 0 radical (unpaired) electrons. The van der Waals surface area contributed by atoms with E-state index in [0.717, 1.165) is 45.1 Å². The van der Waals surface area contributed by atoms with Crippen LogP contribution in [0.5, 0.6) is 0 Å². The Balaban J connectivity index is 1.64. The Hall–Kier alpha value is -3.12. The minimum atomic E-state index is -2.34. The molecular weight excluding hydrogens is 460 g/mol. The average Bonchev–Trinajstić information content (AvgIpc) is 3.28. The van der Waals surface area contributed by atoms with Crippen LogP contribution in [-0.4, -0.2) is 57.1 Å². The molecule has 1 saturated heterocycles. The number of nitrogen functional groups attached to an aromatic ring is 1. The summed E-state index contributed by atoms with van der Waals surface area (Å²) >= 11 is -0.753. The third-order valence-electron chi connectivity index (χ3n) is 5.43. The van der Waals surface area contributed by atoms with Gasteiger partial charge in [0.05, 0.1) is 23.4 Å². The summed E-state index contributed by atoms with van der Waals surface area (Å²) in [6.07, 6.45) is 1.68. The second-order valence-electron chi connectivity index (χ2n) is 7.53. The van der Waals surface area contributed by atoms with Crippen molar-refractivity contribution in [2.75, 3.05) is 48.3 Å². The van der Waals surface area contributed by atoms with Gasteiger partial charge in [0.2, 0.25) is 0 Å². The number of ether oxygens (including phenoxy) is 1. The fourth-order valence-corrected chi connectivity index (χ4v) is 5.05. The monoisotopic (exact) mass is 481 g/mol. The topological polar surface area (TPSA) is 121 Å². The van der Waals surface area contributed by atoms with E-state index in [4.69, 9.17) is 20.4 Å². The summed E-state index contributed by atoms with van der Waals surface area (Å²) in [6, 6.07) is 13.0. The number of anilines is 3. The van der Waals surface area contributed by atoms with Crippen molar-refractivity contribution in [2.24, 2.45) is 0 Å². The Morgan fingerprint density at radius 1 is 1.15 bits per heavy atom. The van der Waals surface area contributed by atoms with Gasteiger partial charge in [0.1, 0.15) is 5.82 Å². The summed E-state index contributed by atoms with van der Waals surface area (Å²) in [4.78, 5) is 17.1. The first kappa shape index (κ1) is 21.7. The minimum Gasteiger partial charge on any atom is -0.755 e. The highest BCUT2D eigenvalue weighted by Crippen LogP contribution is 2.39. The van der Waals surface area contributed by atoms with E-state index in [1.165, 1.54) is 11.4 Å². The van der Waals surface area contributed by atoms with Gasteiger partial charge < -0.3 is 24.2 Å². The molecule has 0 saturated carbocycles. The lowest BCUT2D eigenvalue weighted by molar-refractivity contribution is 0.122. The predicted molar refractivity (Wildman–Crippen MR) is 131 cm³/mol. The van der Waals surface area contributed by atoms with E-state index in [2.05, 4.69) is 9.88 Å². The van der Waals surface area contributed by atoms with E-state index in [0.29, 0.717) is 30.5 Å². The molecule has 0 amide bonds. The standard InChI is InChI=1S/C22H22N6O3S2/c1-27(33(29)30)16-4-2-3-14(11-16)18-12-17-20(32-18)22(28-7-9-31-10-8-28)26-21(25-17)15-5-6-19(23)24-13-15/h2-6,11-13H,7-10H2,1H3,(H2,23,24)(H,29,30)/p-1. The van der Waals surface area contributed by atoms with Crippen LogP contribution in [0.2, 0.25) is 0 Å². The molecule has 0 spiro atoms. The van der Waals surface area contributed by atoms with Crippen molar-refractivity contribution in [3.8, 4) is 21.8 Å². The average molecular weight is 482 g/mol. The Labute approximate surface area is 197 Å². The first-order chi connectivity index (χ1) is 16.0. The van der Waals surface area contributed by atoms with Crippen molar-refractivity contribution >= 4 is 50.1 Å². The number of morpholine rings is 1. The van der Waals surface area contributed by atoms with Gasteiger partial charge in [-0.2, -0.15) is 0 Å². The zero-order chi connectivity index (χ0) is 22.9. The highest BCUT2D eigenvalue weighted by Gasteiger charge is 2.21. The maximum Gasteiger partial charge on any atom is 0.163 e. The molecule has 0 aliphatic carbocycles. The van der Waals surface area contributed by atoms with Crippen molar-refractivity contribution in [1.29, 1.82) is 0 Å². The van der Waals surface area contributed by atoms with Gasteiger partial charge in [0, 0.05) is 53.7 Å². The number of pyridine rings is 1. The molecule has 1 unspecified atom stereocenters. The number of nitrogens with two attached hydrogens (primary N) is 1. The molecule has 2 N–H and O–H groups in total. The first-order valence-electron chi connectivity index (χ1n) is 10.3. The van der Waals surface area contributed by atoms with E-state index in [-0.39, 0.29) is 0 Å². The molecule has 33 heavy (non-hydrogen) atoms. The van der Waals surface area contributed by atoms with Crippen LogP contribution in [-0.2, 0) is 16.0 Å². The highest BCUT2D eigenvalue weighted by atomic mass is 32.2. The van der Waals surface area contributed by atoms with Crippen LogP contribution in [0.3, 0.4) is 0 Å². The van der Waals surface area contributed by atoms with E-state index in [9.17, 15) is 8.76 Å². The van der Waals surface area contributed by atoms with Crippen LogP contribution in [0.15, 0.2) is 48.7 Å². The first-order valence-corrected chi connectivity index (χ1v) is 12.1. The molecule has 1 aliphatic heterocycles. The van der Waals surface area contributed by atoms with Crippen LogP contribution < -0.4 is 14.9 Å². The zero-order valence-corrected chi connectivity index (χ0v) is 19.4. The summed E-state index contributed by atoms with van der Waals surface area (Å²) in [6.45, 7) is 2.77. The Bertz CT molecular complexity index is 1320. The van der Waals surface area contributed by atoms with Crippen molar-refractivity contribution in [3.63, 3.8) is 0 Å². The molecule has 1 fully saturated rings. The Kier molecular flexibility index (Phi) is 5.94. The summed E-state index contributed by atoms with van der Waals surface area (Å²) < 4.78 is 30.5. The molecule has 11 heteroatoms. The van der Waals surface area contributed by atoms with E-state index >= 15 is 0 Å².